The van der Waals surface area contributed by atoms with Crippen molar-refractivity contribution in [2.24, 2.45) is 5.41 Å². The molecule has 2 rings (SSSR count). The van der Waals surface area contributed by atoms with E-state index in [1.54, 1.807) is 0 Å². The van der Waals surface area contributed by atoms with Gasteiger partial charge in [0.15, 0.2) is 0 Å². The van der Waals surface area contributed by atoms with Gasteiger partial charge in [-0.3, -0.25) is 10.2 Å². The lowest BCUT2D eigenvalue weighted by atomic mass is 9.83. The molecule has 1 atom stereocenters. The van der Waals surface area contributed by atoms with Crippen molar-refractivity contribution in [2.75, 3.05) is 6.61 Å². The molecule has 0 heterocycles. The maximum atomic E-state index is 12.8. The van der Waals surface area contributed by atoms with E-state index in [1.165, 1.54) is 0 Å². The molecule has 5 heteroatoms. The van der Waals surface area contributed by atoms with Gasteiger partial charge in [0.05, 0.1) is 17.1 Å². The summed E-state index contributed by atoms with van der Waals surface area (Å²) in [4.78, 5) is 12.8. The normalized spacial score (nSPS) is 12.5. The fraction of sp³-hybridized carbons (Fsp3) is 0.409. The zero-order chi connectivity index (χ0) is 20.0. The summed E-state index contributed by atoms with van der Waals surface area (Å²) in [6.45, 7) is 11.0. The summed E-state index contributed by atoms with van der Waals surface area (Å²) < 4.78 is 6.67. The van der Waals surface area contributed by atoms with Crippen molar-refractivity contribution in [3.8, 4) is 5.75 Å². The minimum atomic E-state index is -0.175. The minimum absolute atomic E-state index is 0.0192. The van der Waals surface area contributed by atoms with Crippen LogP contribution in [0.2, 0.25) is 0 Å². The van der Waals surface area contributed by atoms with Gasteiger partial charge in [-0.1, -0.05) is 58.0 Å². The van der Waals surface area contributed by atoms with Gasteiger partial charge in [-0.15, -0.1) is 0 Å². The van der Waals surface area contributed by atoms with Crippen LogP contribution >= 0.6 is 15.9 Å². The molecule has 2 N–H and O–H groups in total. The van der Waals surface area contributed by atoms with E-state index in [-0.39, 0.29) is 17.4 Å². The van der Waals surface area contributed by atoms with Crippen molar-refractivity contribution in [2.45, 2.75) is 47.1 Å². The van der Waals surface area contributed by atoms with Gasteiger partial charge in [-0.25, -0.2) is 5.43 Å². The lowest BCUT2D eigenvalue weighted by molar-refractivity contribution is 0.0906. The predicted molar refractivity (Wildman–Crippen MR) is 114 cm³/mol. The van der Waals surface area contributed by atoms with Crippen molar-refractivity contribution in [1.82, 2.24) is 10.9 Å². The number of amides is 1. The molecule has 146 valence electrons. The average Bonchev–Trinajstić information content (AvgIpc) is 2.61. The van der Waals surface area contributed by atoms with Gasteiger partial charge in [0, 0.05) is 11.1 Å². The largest absolute Gasteiger partial charge is 0.492 e. The highest BCUT2D eigenvalue weighted by atomic mass is 79.9. The highest BCUT2D eigenvalue weighted by Crippen LogP contribution is 2.33. The summed E-state index contributed by atoms with van der Waals surface area (Å²) in [6.07, 6.45) is 0.911. The molecule has 0 spiro atoms. The van der Waals surface area contributed by atoms with Crippen LogP contribution in [0.15, 0.2) is 46.9 Å². The van der Waals surface area contributed by atoms with Crippen LogP contribution in [0.3, 0.4) is 0 Å². The number of ether oxygens (including phenoxy) is 1. The molecule has 0 aliphatic heterocycles. The Balaban J connectivity index is 2.19. The molecule has 0 fully saturated rings. The van der Waals surface area contributed by atoms with Gasteiger partial charge < -0.3 is 4.74 Å². The second-order valence-corrected chi connectivity index (χ2v) is 8.56. The zero-order valence-electron chi connectivity index (χ0n) is 16.7. The van der Waals surface area contributed by atoms with Crippen molar-refractivity contribution >= 4 is 21.8 Å². The first-order valence-corrected chi connectivity index (χ1v) is 10.1. The Bertz CT molecular complexity index is 770. The van der Waals surface area contributed by atoms with Crippen LogP contribution in [-0.2, 0) is 0 Å². The first-order chi connectivity index (χ1) is 12.8. The Morgan fingerprint density at radius 1 is 1.15 bits per heavy atom. The summed E-state index contributed by atoms with van der Waals surface area (Å²) in [7, 11) is 0. The van der Waals surface area contributed by atoms with Crippen LogP contribution < -0.4 is 15.6 Å². The van der Waals surface area contributed by atoms with Gasteiger partial charge in [0.2, 0.25) is 0 Å². The van der Waals surface area contributed by atoms with Crippen LogP contribution in [0.4, 0.5) is 0 Å². The van der Waals surface area contributed by atoms with E-state index in [1.807, 2.05) is 37.3 Å². The van der Waals surface area contributed by atoms with E-state index < -0.39 is 0 Å². The van der Waals surface area contributed by atoms with Crippen LogP contribution in [0.5, 0.6) is 5.75 Å². The Morgan fingerprint density at radius 3 is 2.41 bits per heavy atom. The molecule has 2 aromatic carbocycles. The molecule has 0 radical (unpaired) electrons. The van der Waals surface area contributed by atoms with E-state index in [2.05, 4.69) is 66.6 Å². The van der Waals surface area contributed by atoms with Crippen molar-refractivity contribution in [3.63, 3.8) is 0 Å². The maximum absolute atomic E-state index is 12.8. The lowest BCUT2D eigenvalue weighted by Gasteiger charge is -2.32. The van der Waals surface area contributed by atoms with Gasteiger partial charge >= 0.3 is 0 Å². The Morgan fingerprint density at radius 2 is 1.81 bits per heavy atom. The van der Waals surface area contributed by atoms with Gasteiger partial charge in [-0.2, -0.15) is 0 Å². The molecular formula is C22H29BrN2O2. The zero-order valence-corrected chi connectivity index (χ0v) is 18.3. The van der Waals surface area contributed by atoms with E-state index >= 15 is 0 Å². The van der Waals surface area contributed by atoms with E-state index in [0.29, 0.717) is 12.2 Å². The van der Waals surface area contributed by atoms with Gasteiger partial charge in [0.1, 0.15) is 5.75 Å². The third-order valence-corrected chi connectivity index (χ3v) is 5.01. The molecule has 0 saturated heterocycles. The lowest BCUT2D eigenvalue weighted by Crippen LogP contribution is -2.44. The minimum Gasteiger partial charge on any atom is -0.492 e. The summed E-state index contributed by atoms with van der Waals surface area (Å²) in [5.41, 5.74) is 8.59. The number of rotatable bonds is 7. The van der Waals surface area contributed by atoms with Crippen molar-refractivity contribution in [1.29, 1.82) is 0 Å². The summed E-state index contributed by atoms with van der Waals surface area (Å²) in [6, 6.07) is 13.8. The number of halogens is 1. The molecule has 27 heavy (non-hydrogen) atoms. The number of hydrazine groups is 1. The molecule has 1 unspecified atom stereocenters. The first-order valence-electron chi connectivity index (χ1n) is 9.28. The molecule has 0 saturated carbocycles. The molecule has 0 aliphatic carbocycles. The monoisotopic (exact) mass is 432 g/mol. The van der Waals surface area contributed by atoms with E-state index in [9.17, 15) is 4.79 Å². The molecule has 0 aliphatic rings. The third kappa shape index (κ3) is 5.56. The average molecular weight is 433 g/mol. The van der Waals surface area contributed by atoms with Crippen LogP contribution in [-0.4, -0.2) is 12.5 Å². The molecule has 4 nitrogen and oxygen atoms in total. The highest BCUT2D eigenvalue weighted by Gasteiger charge is 2.27. The van der Waals surface area contributed by atoms with E-state index in [0.717, 1.165) is 27.8 Å². The van der Waals surface area contributed by atoms with E-state index in [4.69, 9.17) is 4.74 Å². The SMILES string of the molecule is CCCOc1c(Br)ccc(C(=O)NNC(c2ccccc2)C(C)(C)C)c1C. The fourth-order valence-electron chi connectivity index (χ4n) is 2.94. The van der Waals surface area contributed by atoms with Crippen molar-refractivity contribution in [3.05, 3.63) is 63.6 Å². The number of nitrogens with one attached hydrogen (secondary N) is 2. The first kappa shape index (κ1) is 21.5. The van der Waals surface area contributed by atoms with Crippen LogP contribution in [0.1, 0.15) is 61.6 Å². The Labute approximate surface area is 170 Å². The molecule has 0 aromatic heterocycles. The quantitative estimate of drug-likeness (QED) is 0.562. The Kier molecular flexibility index (Phi) is 7.45. The number of hydrogen-bond donors (Lipinski definition) is 2. The summed E-state index contributed by atoms with van der Waals surface area (Å²) in [5, 5.41) is 0. The van der Waals surface area contributed by atoms with Gasteiger partial charge in [-0.05, 0) is 52.4 Å². The second-order valence-electron chi connectivity index (χ2n) is 7.71. The standard InChI is InChI=1S/C22H29BrN2O2/c1-6-14-27-19-15(2)17(12-13-18(19)23)21(26)25-24-20(22(3,4)5)16-10-8-7-9-11-16/h7-13,20,24H,6,14H2,1-5H3,(H,25,26). The topological polar surface area (TPSA) is 50.4 Å². The Hall–Kier alpha value is -1.85. The molecule has 0 bridgehead atoms. The second kappa shape index (κ2) is 9.38. The van der Waals surface area contributed by atoms with Crippen molar-refractivity contribution < 1.29 is 9.53 Å². The maximum Gasteiger partial charge on any atom is 0.265 e. The molecular weight excluding hydrogens is 404 g/mol. The fourth-order valence-corrected chi connectivity index (χ4v) is 3.48. The number of benzene rings is 2. The highest BCUT2D eigenvalue weighted by molar-refractivity contribution is 9.10. The number of hydrogen-bond acceptors (Lipinski definition) is 3. The molecule has 2 aromatic rings. The smallest absolute Gasteiger partial charge is 0.265 e. The number of carbonyl (C=O) groups excluding carboxylic acids is 1. The molecule has 1 amide bonds. The summed E-state index contributed by atoms with van der Waals surface area (Å²) in [5.74, 6) is 0.548. The summed E-state index contributed by atoms with van der Waals surface area (Å²) >= 11 is 3.51. The predicted octanol–water partition coefficient (Wildman–Crippen LogP) is 5.57. The third-order valence-electron chi connectivity index (χ3n) is 4.38. The van der Waals surface area contributed by atoms with Crippen LogP contribution in [0, 0.1) is 12.3 Å². The van der Waals surface area contributed by atoms with Gasteiger partial charge in [0.25, 0.3) is 5.91 Å². The van der Waals surface area contributed by atoms with Crippen LogP contribution in [0.25, 0.3) is 0 Å². The number of carbonyl (C=O) groups is 1.